The molecule has 1 atom stereocenters. The molecule has 21 heavy (non-hydrogen) atoms. The van der Waals surface area contributed by atoms with Crippen LogP contribution < -0.4 is 5.32 Å². The van der Waals surface area contributed by atoms with Crippen LogP contribution in [0.1, 0.15) is 26.3 Å². The first-order valence-corrected chi connectivity index (χ1v) is 6.39. The van der Waals surface area contributed by atoms with E-state index in [1.54, 1.807) is 26.8 Å². The Bertz CT molecular complexity index is 536. The van der Waals surface area contributed by atoms with Gasteiger partial charge in [-0.1, -0.05) is 12.1 Å². The maximum atomic E-state index is 11.6. The van der Waals surface area contributed by atoms with Gasteiger partial charge in [0.05, 0.1) is 11.0 Å². The van der Waals surface area contributed by atoms with Gasteiger partial charge in [-0.15, -0.1) is 0 Å². The van der Waals surface area contributed by atoms with Crippen LogP contribution >= 0.6 is 0 Å². The van der Waals surface area contributed by atoms with E-state index >= 15 is 0 Å². The zero-order chi connectivity index (χ0) is 16.0. The maximum Gasteiger partial charge on any atom is 0.408 e. The molecule has 0 bridgehead atoms. The van der Waals surface area contributed by atoms with Crippen molar-refractivity contribution < 1.29 is 19.2 Å². The molecule has 0 saturated heterocycles. The van der Waals surface area contributed by atoms with Crippen molar-refractivity contribution in [2.45, 2.75) is 38.8 Å². The molecule has 0 aromatic heterocycles. The van der Waals surface area contributed by atoms with E-state index < -0.39 is 22.7 Å². The second-order valence-corrected chi connectivity index (χ2v) is 5.52. The lowest BCUT2D eigenvalue weighted by Gasteiger charge is -2.21. The number of aldehydes is 1. The number of alkyl carbamates (subject to hydrolysis) is 1. The minimum absolute atomic E-state index is 0.0607. The first-order valence-electron chi connectivity index (χ1n) is 6.39. The fraction of sp³-hybridized carbons (Fsp3) is 0.429. The van der Waals surface area contributed by atoms with Gasteiger partial charge in [0.1, 0.15) is 11.9 Å². The van der Waals surface area contributed by atoms with Crippen molar-refractivity contribution in [1.29, 1.82) is 0 Å². The molecule has 1 amide bonds. The molecule has 1 N–H and O–H groups in total. The van der Waals surface area contributed by atoms with E-state index in [9.17, 15) is 19.7 Å². The SMILES string of the molecule is CC(C)(C)OC(=O)N[C@H](C=O)Cc1cccc([N+](=O)[O-])c1. The lowest BCUT2D eigenvalue weighted by Crippen LogP contribution is -2.41. The van der Waals surface area contributed by atoms with Crippen molar-refractivity contribution in [1.82, 2.24) is 5.32 Å². The number of nitro groups is 1. The summed E-state index contributed by atoms with van der Waals surface area (Å²) in [5.74, 6) is 0. The highest BCUT2D eigenvalue weighted by Gasteiger charge is 2.19. The van der Waals surface area contributed by atoms with Crippen molar-refractivity contribution >= 4 is 18.1 Å². The number of amides is 1. The molecule has 7 nitrogen and oxygen atoms in total. The number of rotatable bonds is 5. The molecule has 7 heteroatoms. The minimum Gasteiger partial charge on any atom is -0.444 e. The Morgan fingerprint density at radius 1 is 1.48 bits per heavy atom. The molecule has 0 spiro atoms. The number of carbonyl (C=O) groups excluding carboxylic acids is 2. The quantitative estimate of drug-likeness (QED) is 0.510. The molecular weight excluding hydrogens is 276 g/mol. The first-order chi connectivity index (χ1) is 9.71. The Kier molecular flexibility index (Phi) is 5.40. The van der Waals surface area contributed by atoms with E-state index in [1.807, 2.05) is 0 Å². The lowest BCUT2D eigenvalue weighted by molar-refractivity contribution is -0.384. The number of ether oxygens (including phenoxy) is 1. The van der Waals surface area contributed by atoms with Gasteiger partial charge in [-0.05, 0) is 32.8 Å². The highest BCUT2D eigenvalue weighted by atomic mass is 16.6. The predicted molar refractivity (Wildman–Crippen MR) is 76.0 cm³/mol. The Labute approximate surface area is 122 Å². The zero-order valence-corrected chi connectivity index (χ0v) is 12.2. The van der Waals surface area contributed by atoms with E-state index in [4.69, 9.17) is 4.74 Å². The van der Waals surface area contributed by atoms with Crippen LogP contribution in [0.15, 0.2) is 24.3 Å². The van der Waals surface area contributed by atoms with Gasteiger partial charge in [-0.2, -0.15) is 0 Å². The third-order valence-corrected chi connectivity index (χ3v) is 2.44. The molecular formula is C14H18N2O5. The Morgan fingerprint density at radius 2 is 2.14 bits per heavy atom. The predicted octanol–water partition coefficient (Wildman–Crippen LogP) is 2.23. The van der Waals surface area contributed by atoms with E-state index in [2.05, 4.69) is 5.32 Å². The molecule has 0 heterocycles. The van der Waals surface area contributed by atoms with Crippen molar-refractivity contribution in [3.63, 3.8) is 0 Å². The van der Waals surface area contributed by atoms with Gasteiger partial charge in [0.25, 0.3) is 5.69 Å². The highest BCUT2D eigenvalue weighted by Crippen LogP contribution is 2.14. The van der Waals surface area contributed by atoms with Crippen LogP contribution in [0.4, 0.5) is 10.5 Å². The Morgan fingerprint density at radius 3 is 2.67 bits per heavy atom. The first kappa shape index (κ1) is 16.6. The monoisotopic (exact) mass is 294 g/mol. The van der Waals surface area contributed by atoms with Crippen LogP contribution in [0.25, 0.3) is 0 Å². The minimum atomic E-state index is -0.804. The third kappa shape index (κ3) is 6.03. The second-order valence-electron chi connectivity index (χ2n) is 5.52. The van der Waals surface area contributed by atoms with Crippen molar-refractivity contribution in [3.8, 4) is 0 Å². The number of benzene rings is 1. The van der Waals surface area contributed by atoms with Crippen LogP contribution in [-0.2, 0) is 16.0 Å². The molecule has 1 aromatic carbocycles. The topological polar surface area (TPSA) is 98.5 Å². The highest BCUT2D eigenvalue weighted by molar-refractivity contribution is 5.73. The summed E-state index contributed by atoms with van der Waals surface area (Å²) in [6.45, 7) is 5.13. The van der Waals surface area contributed by atoms with Gasteiger partial charge in [-0.3, -0.25) is 10.1 Å². The van der Waals surface area contributed by atoms with E-state index in [1.165, 1.54) is 18.2 Å². The molecule has 0 fully saturated rings. The molecule has 1 aromatic rings. The van der Waals surface area contributed by atoms with Gasteiger partial charge >= 0.3 is 6.09 Å². The maximum absolute atomic E-state index is 11.6. The van der Waals surface area contributed by atoms with Gasteiger partial charge in [0, 0.05) is 12.1 Å². The van der Waals surface area contributed by atoms with Crippen LogP contribution in [0.5, 0.6) is 0 Å². The van der Waals surface area contributed by atoms with Crippen LogP contribution in [-0.4, -0.2) is 28.9 Å². The number of hydrogen-bond acceptors (Lipinski definition) is 5. The summed E-state index contributed by atoms with van der Waals surface area (Å²) in [6.07, 6.45) is 0.0257. The summed E-state index contributed by atoms with van der Waals surface area (Å²) in [5, 5.41) is 13.1. The molecule has 0 aliphatic heterocycles. The van der Waals surface area contributed by atoms with Crippen LogP contribution in [0.2, 0.25) is 0 Å². The van der Waals surface area contributed by atoms with E-state index in [0.29, 0.717) is 11.8 Å². The Balaban J connectivity index is 2.70. The van der Waals surface area contributed by atoms with Crippen molar-refractivity contribution in [2.24, 2.45) is 0 Å². The van der Waals surface area contributed by atoms with Crippen molar-refractivity contribution in [3.05, 3.63) is 39.9 Å². The molecule has 1 rings (SSSR count). The summed E-state index contributed by atoms with van der Waals surface area (Å²) in [6, 6.07) is 5.11. The van der Waals surface area contributed by atoms with Gasteiger partial charge in [0.15, 0.2) is 0 Å². The largest absolute Gasteiger partial charge is 0.444 e. The molecule has 0 unspecified atom stereocenters. The standard InChI is InChI=1S/C14H18N2O5/c1-14(2,3)21-13(18)15-11(9-17)7-10-5-4-6-12(8-10)16(19)20/h4-6,8-9,11H,7H2,1-3H3,(H,15,18)/t11-/m0/s1. The van der Waals surface area contributed by atoms with Crippen LogP contribution in [0.3, 0.4) is 0 Å². The molecule has 114 valence electrons. The summed E-state index contributed by atoms with van der Waals surface area (Å²) in [4.78, 5) is 32.8. The normalized spacial score (nSPS) is 12.3. The lowest BCUT2D eigenvalue weighted by atomic mass is 10.1. The average Bonchev–Trinajstić information content (AvgIpc) is 2.36. The summed E-state index contributed by atoms with van der Waals surface area (Å²) in [7, 11) is 0. The fourth-order valence-electron chi connectivity index (χ4n) is 1.64. The molecule has 0 radical (unpaired) electrons. The van der Waals surface area contributed by atoms with E-state index in [-0.39, 0.29) is 12.1 Å². The summed E-state index contributed by atoms with van der Waals surface area (Å²) < 4.78 is 5.05. The second kappa shape index (κ2) is 6.83. The van der Waals surface area contributed by atoms with Gasteiger partial charge < -0.3 is 14.8 Å². The van der Waals surface area contributed by atoms with E-state index in [0.717, 1.165) is 0 Å². The van der Waals surface area contributed by atoms with Gasteiger partial charge in [0.2, 0.25) is 0 Å². The third-order valence-electron chi connectivity index (χ3n) is 2.44. The number of nitrogens with zero attached hydrogens (tertiary/aromatic N) is 1. The molecule has 0 aliphatic rings. The number of non-ortho nitro benzene ring substituents is 1. The number of nitro benzene ring substituents is 1. The zero-order valence-electron chi connectivity index (χ0n) is 12.2. The number of hydrogen-bond donors (Lipinski definition) is 1. The van der Waals surface area contributed by atoms with Crippen LogP contribution in [0, 0.1) is 10.1 Å². The fourth-order valence-corrected chi connectivity index (χ4v) is 1.64. The molecule has 0 saturated carbocycles. The molecule has 0 aliphatic carbocycles. The number of nitrogens with one attached hydrogen (secondary N) is 1. The average molecular weight is 294 g/mol. The smallest absolute Gasteiger partial charge is 0.408 e. The van der Waals surface area contributed by atoms with Gasteiger partial charge in [-0.25, -0.2) is 4.79 Å². The Hall–Kier alpha value is -2.44. The number of carbonyl (C=O) groups is 2. The summed E-state index contributed by atoms with van der Waals surface area (Å²) in [5.41, 5.74) is -0.143. The summed E-state index contributed by atoms with van der Waals surface area (Å²) >= 11 is 0. The van der Waals surface area contributed by atoms with Crippen molar-refractivity contribution in [2.75, 3.05) is 0 Å².